The number of hydrogen-bond donors (Lipinski definition) is 2. The second-order valence-corrected chi connectivity index (χ2v) is 7.30. The summed E-state index contributed by atoms with van der Waals surface area (Å²) in [6.45, 7) is 0. The van der Waals surface area contributed by atoms with Gasteiger partial charge in [0.2, 0.25) is 0 Å². The van der Waals surface area contributed by atoms with E-state index < -0.39 is 14.9 Å². The predicted molar refractivity (Wildman–Crippen MR) is 82.8 cm³/mol. The van der Waals surface area contributed by atoms with Crippen LogP contribution >= 0.6 is 22.9 Å². The van der Waals surface area contributed by atoms with Crippen molar-refractivity contribution in [3.63, 3.8) is 0 Å². The summed E-state index contributed by atoms with van der Waals surface area (Å²) < 4.78 is 26.6. The van der Waals surface area contributed by atoms with E-state index in [0.717, 1.165) is 17.4 Å². The molecule has 7 nitrogen and oxygen atoms in total. The lowest BCUT2D eigenvalue weighted by Gasteiger charge is -2.05. The van der Waals surface area contributed by atoms with Gasteiger partial charge in [-0.15, -0.1) is 0 Å². The number of benzene rings is 1. The van der Waals surface area contributed by atoms with E-state index in [4.69, 9.17) is 11.6 Å². The Labute approximate surface area is 129 Å². The summed E-state index contributed by atoms with van der Waals surface area (Å²) in [6, 6.07) is 7.19. The van der Waals surface area contributed by atoms with Crippen LogP contribution in [-0.2, 0) is 10.0 Å². The number of nitrogens with one attached hydrogen (secondary N) is 2. The van der Waals surface area contributed by atoms with E-state index in [1.54, 1.807) is 12.1 Å². The summed E-state index contributed by atoms with van der Waals surface area (Å²) in [5.74, 6) is 0. The van der Waals surface area contributed by atoms with Crippen molar-refractivity contribution in [3.8, 4) is 0 Å². The molecule has 1 aromatic carbocycles. The van der Waals surface area contributed by atoms with Gasteiger partial charge in [-0.25, -0.2) is 8.42 Å². The first-order valence-electron chi connectivity index (χ1n) is 5.58. The normalized spacial score (nSPS) is 11.1. The van der Waals surface area contributed by atoms with Crippen molar-refractivity contribution >= 4 is 49.3 Å². The van der Waals surface area contributed by atoms with Gasteiger partial charge >= 0.3 is 5.69 Å². The molecule has 0 spiro atoms. The quantitative estimate of drug-likeness (QED) is 0.639. The third-order valence-corrected chi connectivity index (χ3v) is 5.69. The van der Waals surface area contributed by atoms with Crippen LogP contribution in [0.15, 0.2) is 34.5 Å². The molecular formula is C11H10ClN3O4S2. The average molecular weight is 348 g/mol. The zero-order valence-electron chi connectivity index (χ0n) is 10.7. The largest absolute Gasteiger partial charge is 0.374 e. The van der Waals surface area contributed by atoms with Crippen LogP contribution in [0.3, 0.4) is 0 Å². The van der Waals surface area contributed by atoms with Crippen molar-refractivity contribution in [1.82, 2.24) is 0 Å². The molecule has 21 heavy (non-hydrogen) atoms. The van der Waals surface area contributed by atoms with Crippen LogP contribution in [0.4, 0.5) is 16.4 Å². The Hall–Kier alpha value is -1.84. The number of sulfonamides is 1. The molecule has 0 saturated heterocycles. The summed E-state index contributed by atoms with van der Waals surface area (Å²) >= 11 is 6.56. The van der Waals surface area contributed by atoms with Gasteiger partial charge in [-0.1, -0.05) is 29.0 Å². The minimum Gasteiger partial charge on any atom is -0.374 e. The van der Waals surface area contributed by atoms with Gasteiger partial charge in [0.25, 0.3) is 10.0 Å². The highest BCUT2D eigenvalue weighted by molar-refractivity contribution is 7.94. The number of nitrogens with zero attached hydrogens (tertiary/aromatic N) is 1. The summed E-state index contributed by atoms with van der Waals surface area (Å²) in [5.41, 5.74) is -0.00136. The van der Waals surface area contributed by atoms with Gasteiger partial charge in [-0.05, 0) is 18.2 Å². The fraction of sp³-hybridized carbons (Fsp3) is 0.0909. The number of anilines is 2. The molecule has 0 bridgehead atoms. The van der Waals surface area contributed by atoms with Crippen LogP contribution in [0.25, 0.3) is 0 Å². The Morgan fingerprint density at radius 3 is 2.57 bits per heavy atom. The standard InChI is InChI=1S/C11H10ClN3O4S2/c1-13-11-9(15(16)17)6-10(20-11)21(18,19)14-8-4-2-3-7(12)5-8/h2-6,13-14H,1H3. The molecule has 2 N–H and O–H groups in total. The van der Waals surface area contributed by atoms with Gasteiger partial charge in [0.05, 0.1) is 10.6 Å². The van der Waals surface area contributed by atoms with Gasteiger partial charge in [0.15, 0.2) is 5.00 Å². The maximum absolute atomic E-state index is 12.2. The molecule has 10 heteroatoms. The van der Waals surface area contributed by atoms with E-state index in [1.165, 1.54) is 19.2 Å². The van der Waals surface area contributed by atoms with Crippen molar-refractivity contribution in [2.45, 2.75) is 4.21 Å². The lowest BCUT2D eigenvalue weighted by molar-refractivity contribution is -0.383. The van der Waals surface area contributed by atoms with Crippen LogP contribution in [-0.4, -0.2) is 20.4 Å². The van der Waals surface area contributed by atoms with Crippen molar-refractivity contribution in [2.75, 3.05) is 17.1 Å². The number of rotatable bonds is 5. The molecule has 2 aromatic rings. The number of hydrogen-bond acceptors (Lipinski definition) is 6. The number of halogens is 1. The van der Waals surface area contributed by atoms with Gasteiger partial charge in [0, 0.05) is 18.1 Å². The maximum atomic E-state index is 12.2. The maximum Gasteiger partial charge on any atom is 0.304 e. The summed E-state index contributed by atoms with van der Waals surface area (Å²) in [5, 5.41) is 14.0. The summed E-state index contributed by atoms with van der Waals surface area (Å²) in [7, 11) is -2.42. The Kier molecular flexibility index (Phi) is 4.35. The zero-order valence-corrected chi connectivity index (χ0v) is 13.1. The van der Waals surface area contributed by atoms with Crippen LogP contribution in [0.2, 0.25) is 5.02 Å². The monoisotopic (exact) mass is 347 g/mol. The van der Waals surface area contributed by atoms with E-state index in [0.29, 0.717) is 5.02 Å². The predicted octanol–water partition coefficient (Wildman–Crippen LogP) is 3.15. The van der Waals surface area contributed by atoms with Crippen molar-refractivity contribution in [3.05, 3.63) is 45.5 Å². The lowest BCUT2D eigenvalue weighted by atomic mass is 10.3. The van der Waals surface area contributed by atoms with Crippen molar-refractivity contribution in [1.29, 1.82) is 0 Å². The highest BCUT2D eigenvalue weighted by Gasteiger charge is 2.25. The highest BCUT2D eigenvalue weighted by atomic mass is 35.5. The Morgan fingerprint density at radius 2 is 2.05 bits per heavy atom. The Morgan fingerprint density at radius 1 is 1.33 bits per heavy atom. The molecule has 0 atom stereocenters. The minimum atomic E-state index is -3.91. The third kappa shape index (κ3) is 3.43. The van der Waals surface area contributed by atoms with Crippen molar-refractivity contribution < 1.29 is 13.3 Å². The molecular weight excluding hydrogens is 338 g/mol. The molecule has 0 aliphatic rings. The average Bonchev–Trinajstić information content (AvgIpc) is 2.83. The molecule has 0 aliphatic carbocycles. The fourth-order valence-corrected chi connectivity index (χ4v) is 4.08. The van der Waals surface area contributed by atoms with Gasteiger partial charge < -0.3 is 5.32 Å². The van der Waals surface area contributed by atoms with E-state index in [1.807, 2.05) is 0 Å². The smallest absolute Gasteiger partial charge is 0.304 e. The van der Waals surface area contributed by atoms with Gasteiger partial charge in [-0.2, -0.15) is 0 Å². The molecule has 1 aromatic heterocycles. The first-order valence-corrected chi connectivity index (χ1v) is 8.25. The Balaban J connectivity index is 2.38. The first kappa shape index (κ1) is 15.5. The third-order valence-electron chi connectivity index (χ3n) is 2.46. The van der Waals surface area contributed by atoms with Crippen LogP contribution in [0.5, 0.6) is 0 Å². The van der Waals surface area contributed by atoms with E-state index >= 15 is 0 Å². The van der Waals surface area contributed by atoms with E-state index in [2.05, 4.69) is 10.0 Å². The fourth-order valence-electron chi connectivity index (χ4n) is 1.56. The second-order valence-electron chi connectivity index (χ2n) is 3.90. The van der Waals surface area contributed by atoms with Crippen LogP contribution in [0, 0.1) is 10.1 Å². The van der Waals surface area contributed by atoms with Crippen molar-refractivity contribution in [2.24, 2.45) is 0 Å². The molecule has 1 heterocycles. The molecule has 2 rings (SSSR count). The van der Waals surface area contributed by atoms with Crippen LogP contribution < -0.4 is 10.0 Å². The number of thiophene rings is 1. The molecule has 112 valence electrons. The first-order chi connectivity index (χ1) is 9.83. The minimum absolute atomic E-state index is 0.154. The summed E-state index contributed by atoms with van der Waals surface area (Å²) in [4.78, 5) is 10.2. The highest BCUT2D eigenvalue weighted by Crippen LogP contribution is 2.37. The molecule has 0 unspecified atom stereocenters. The molecule has 0 fully saturated rings. The summed E-state index contributed by atoms with van der Waals surface area (Å²) in [6.07, 6.45) is 0. The number of nitro groups is 1. The van der Waals surface area contributed by atoms with Gasteiger partial charge in [0.1, 0.15) is 4.21 Å². The van der Waals surface area contributed by atoms with E-state index in [9.17, 15) is 18.5 Å². The Bertz CT molecular complexity index is 789. The lowest BCUT2D eigenvalue weighted by Crippen LogP contribution is -2.11. The molecule has 0 saturated carbocycles. The molecule has 0 radical (unpaired) electrons. The van der Waals surface area contributed by atoms with E-state index in [-0.39, 0.29) is 20.6 Å². The SMILES string of the molecule is CNc1sc(S(=O)(=O)Nc2cccc(Cl)c2)cc1[N+](=O)[O-]. The molecule has 0 amide bonds. The zero-order chi connectivity index (χ0) is 15.6. The van der Waals surface area contributed by atoms with Crippen LogP contribution in [0.1, 0.15) is 0 Å². The second kappa shape index (κ2) is 5.88. The molecule has 0 aliphatic heterocycles. The van der Waals surface area contributed by atoms with Gasteiger partial charge in [-0.3, -0.25) is 14.8 Å². The topological polar surface area (TPSA) is 101 Å².